The van der Waals surface area contributed by atoms with Gasteiger partial charge in [0, 0.05) is 22.7 Å². The third-order valence-electron chi connectivity index (χ3n) is 6.61. The van der Waals surface area contributed by atoms with Gasteiger partial charge in [0.1, 0.15) is 5.76 Å². The number of nitrogen functional groups attached to an aromatic ring is 1. The maximum Gasteiger partial charge on any atom is 0.319 e. The van der Waals surface area contributed by atoms with E-state index in [4.69, 9.17) is 10.5 Å². The van der Waals surface area contributed by atoms with Gasteiger partial charge in [0.2, 0.25) is 0 Å². The molecule has 7 heteroatoms. The average molecular weight is 498 g/mol. The summed E-state index contributed by atoms with van der Waals surface area (Å²) in [5.74, 6) is 0.926. The van der Waals surface area contributed by atoms with E-state index in [1.807, 2.05) is 12.1 Å². The molecule has 2 aliphatic rings. The predicted molar refractivity (Wildman–Crippen MR) is 144 cm³/mol. The first-order valence-electron chi connectivity index (χ1n) is 12.8. The van der Waals surface area contributed by atoms with Crippen LogP contribution < -0.4 is 21.1 Å². The molecule has 0 spiro atoms. The Morgan fingerprint density at radius 2 is 2.06 bits per heavy atom. The minimum atomic E-state index is -0.538. The quantitative estimate of drug-likeness (QED) is 0.308. The van der Waals surface area contributed by atoms with Crippen molar-refractivity contribution >= 4 is 40.1 Å². The second-order valence-corrected chi connectivity index (χ2v) is 10.5. The molecule has 0 radical (unpaired) electrons. The van der Waals surface area contributed by atoms with Crippen LogP contribution in [0.5, 0.6) is 5.75 Å². The highest BCUT2D eigenvalue weighted by molar-refractivity contribution is 7.14. The number of ether oxygens (including phenoxy) is 1. The van der Waals surface area contributed by atoms with Gasteiger partial charge in [0.05, 0.1) is 10.6 Å². The molecule has 1 heterocycles. The summed E-state index contributed by atoms with van der Waals surface area (Å²) >= 11 is 1.62. The van der Waals surface area contributed by atoms with Crippen molar-refractivity contribution in [2.75, 3.05) is 11.1 Å². The van der Waals surface area contributed by atoms with Gasteiger partial charge in [-0.15, -0.1) is 11.3 Å². The molecule has 35 heavy (non-hydrogen) atoms. The number of halogens is 1. The fourth-order valence-corrected chi connectivity index (χ4v) is 5.43. The van der Waals surface area contributed by atoms with Crippen LogP contribution in [0.15, 0.2) is 36.4 Å². The van der Waals surface area contributed by atoms with E-state index < -0.39 is 5.82 Å². The number of nitrogens with two attached hydrogens (primary N) is 1. The van der Waals surface area contributed by atoms with Gasteiger partial charge in [-0.2, -0.15) is 0 Å². The summed E-state index contributed by atoms with van der Waals surface area (Å²) in [6, 6.07) is 6.42. The van der Waals surface area contributed by atoms with Crippen molar-refractivity contribution in [3.05, 3.63) is 52.0 Å². The van der Waals surface area contributed by atoms with Gasteiger partial charge in [0.25, 0.3) is 0 Å². The first kappa shape index (κ1) is 25.3. The Labute approximate surface area is 211 Å². The molecule has 2 amide bonds. The summed E-state index contributed by atoms with van der Waals surface area (Å²) in [4.78, 5) is 14.0. The number of amides is 2. The molecular weight excluding hydrogens is 461 g/mol. The Balaban J connectivity index is 1.51. The first-order chi connectivity index (χ1) is 17.0. The highest BCUT2D eigenvalue weighted by Gasteiger charge is 2.23. The fourth-order valence-electron chi connectivity index (χ4n) is 4.30. The molecule has 1 saturated carbocycles. The van der Waals surface area contributed by atoms with Crippen LogP contribution in [0.2, 0.25) is 0 Å². The Kier molecular flexibility index (Phi) is 8.50. The van der Waals surface area contributed by atoms with Gasteiger partial charge in [-0.05, 0) is 80.7 Å². The van der Waals surface area contributed by atoms with Crippen LogP contribution in [0.4, 0.5) is 20.6 Å². The minimum Gasteiger partial charge on any atom is -0.453 e. The van der Waals surface area contributed by atoms with E-state index in [0.717, 1.165) is 49.3 Å². The molecular formula is C28H36FN3O2S. The van der Waals surface area contributed by atoms with Crippen molar-refractivity contribution in [1.29, 1.82) is 0 Å². The van der Waals surface area contributed by atoms with Crippen LogP contribution in [0.1, 0.15) is 81.4 Å². The maximum atomic E-state index is 14.9. The molecule has 1 unspecified atom stereocenters. The minimum absolute atomic E-state index is 0.106. The van der Waals surface area contributed by atoms with Crippen molar-refractivity contribution < 1.29 is 13.9 Å². The summed E-state index contributed by atoms with van der Waals surface area (Å²) in [5, 5.41) is 5.51. The lowest BCUT2D eigenvalue weighted by Gasteiger charge is -2.12. The molecule has 0 aliphatic heterocycles. The summed E-state index contributed by atoms with van der Waals surface area (Å²) in [6.45, 7) is 4.36. The molecule has 0 bridgehead atoms. The van der Waals surface area contributed by atoms with E-state index in [2.05, 4.69) is 30.6 Å². The Hall–Kier alpha value is -2.80. The van der Waals surface area contributed by atoms with Crippen LogP contribution >= 0.6 is 11.3 Å². The molecule has 1 aromatic carbocycles. The zero-order valence-electron chi connectivity index (χ0n) is 20.7. The summed E-state index contributed by atoms with van der Waals surface area (Å²) in [5.41, 5.74) is 8.83. The Morgan fingerprint density at radius 1 is 1.23 bits per heavy atom. The number of hydrogen-bond donors (Lipinski definition) is 3. The number of carbonyl (C=O) groups is 1. The predicted octanol–water partition coefficient (Wildman–Crippen LogP) is 7.96. The van der Waals surface area contributed by atoms with Crippen molar-refractivity contribution in [3.8, 4) is 5.75 Å². The number of nitrogens with one attached hydrogen (secondary N) is 2. The molecule has 4 rings (SSSR count). The lowest BCUT2D eigenvalue weighted by Crippen LogP contribution is -2.30. The topological polar surface area (TPSA) is 76.4 Å². The SMILES string of the molecule is CCCC=C(Oc1ccc(NC(=O)NC2CC2)cc1F)c1sc(C2=CCCC(CC)CC2)cc1N. The third kappa shape index (κ3) is 6.88. The van der Waals surface area contributed by atoms with Crippen LogP contribution in [-0.4, -0.2) is 12.1 Å². The number of allylic oxidation sites excluding steroid dienone is 3. The number of anilines is 2. The number of rotatable bonds is 9. The van der Waals surface area contributed by atoms with Gasteiger partial charge >= 0.3 is 6.03 Å². The Bertz CT molecular complexity index is 1100. The molecule has 1 fully saturated rings. The highest BCUT2D eigenvalue weighted by atomic mass is 32.1. The normalized spacial score (nSPS) is 18.5. The molecule has 1 atom stereocenters. The van der Waals surface area contributed by atoms with Crippen molar-refractivity contribution in [3.63, 3.8) is 0 Å². The van der Waals surface area contributed by atoms with E-state index in [-0.39, 0.29) is 17.8 Å². The van der Waals surface area contributed by atoms with Crippen LogP contribution in [0, 0.1) is 11.7 Å². The number of thiophene rings is 1. The van der Waals surface area contributed by atoms with E-state index in [1.54, 1.807) is 23.5 Å². The standard InChI is InChI=1S/C28H36FN3O2S/c1-3-5-9-25(27-23(30)17-26(35-27)19-8-6-7-18(4-2)10-11-19)34-24-15-14-21(16-22(24)29)32-28(33)31-20-12-13-20/h8-9,14-18,20H,3-7,10-13,30H2,1-2H3,(H2,31,32,33). The third-order valence-corrected chi connectivity index (χ3v) is 7.85. The molecule has 4 N–H and O–H groups in total. The summed E-state index contributed by atoms with van der Waals surface area (Å²) in [6.07, 6.45) is 13.9. The molecule has 5 nitrogen and oxygen atoms in total. The van der Waals surface area contributed by atoms with Crippen LogP contribution in [-0.2, 0) is 0 Å². The van der Waals surface area contributed by atoms with E-state index in [9.17, 15) is 9.18 Å². The van der Waals surface area contributed by atoms with E-state index in [1.165, 1.54) is 35.8 Å². The average Bonchev–Trinajstić information content (AvgIpc) is 3.61. The zero-order valence-corrected chi connectivity index (χ0v) is 21.5. The first-order valence-corrected chi connectivity index (χ1v) is 13.6. The smallest absolute Gasteiger partial charge is 0.319 e. The zero-order chi connectivity index (χ0) is 24.8. The molecule has 2 aromatic rings. The number of benzene rings is 1. The van der Waals surface area contributed by atoms with E-state index in [0.29, 0.717) is 17.1 Å². The number of hydrogen-bond acceptors (Lipinski definition) is 4. The summed E-state index contributed by atoms with van der Waals surface area (Å²) in [7, 11) is 0. The second kappa shape index (κ2) is 11.8. The van der Waals surface area contributed by atoms with Gasteiger partial charge in [-0.1, -0.05) is 32.8 Å². The van der Waals surface area contributed by atoms with Gasteiger partial charge in [-0.3, -0.25) is 0 Å². The van der Waals surface area contributed by atoms with E-state index >= 15 is 0 Å². The fraction of sp³-hybridized carbons (Fsp3) is 0.464. The van der Waals surface area contributed by atoms with Crippen molar-refractivity contribution in [2.24, 2.45) is 5.92 Å². The van der Waals surface area contributed by atoms with Crippen molar-refractivity contribution in [1.82, 2.24) is 5.32 Å². The maximum absolute atomic E-state index is 14.9. The van der Waals surface area contributed by atoms with Gasteiger partial charge in [0.15, 0.2) is 11.6 Å². The van der Waals surface area contributed by atoms with Gasteiger partial charge in [-0.25, -0.2) is 9.18 Å². The second-order valence-electron chi connectivity index (χ2n) is 9.49. The Morgan fingerprint density at radius 3 is 2.77 bits per heavy atom. The van der Waals surface area contributed by atoms with Gasteiger partial charge < -0.3 is 21.1 Å². The number of carbonyl (C=O) groups excluding carboxylic acids is 1. The van der Waals surface area contributed by atoms with Crippen LogP contribution in [0.3, 0.4) is 0 Å². The molecule has 1 aromatic heterocycles. The molecule has 0 saturated heterocycles. The molecule has 2 aliphatic carbocycles. The lowest BCUT2D eigenvalue weighted by atomic mass is 9.96. The summed E-state index contributed by atoms with van der Waals surface area (Å²) < 4.78 is 21.0. The highest BCUT2D eigenvalue weighted by Crippen LogP contribution is 2.40. The number of unbranched alkanes of at least 4 members (excludes halogenated alkanes) is 1. The monoisotopic (exact) mass is 497 g/mol. The van der Waals surface area contributed by atoms with Crippen LogP contribution in [0.25, 0.3) is 11.3 Å². The molecule has 188 valence electrons. The largest absolute Gasteiger partial charge is 0.453 e. The lowest BCUT2D eigenvalue weighted by molar-refractivity contribution is 0.251. The van der Waals surface area contributed by atoms with Crippen molar-refractivity contribution in [2.45, 2.75) is 77.7 Å². The number of urea groups is 1.